The highest BCUT2D eigenvalue weighted by atomic mass is 16.5. The van der Waals surface area contributed by atoms with Crippen molar-refractivity contribution in [3.8, 4) is 11.5 Å². The molecule has 1 unspecified atom stereocenters. The number of allylic oxidation sites excluding steroid dienone is 3. The van der Waals surface area contributed by atoms with Gasteiger partial charge >= 0.3 is 5.97 Å². The number of unbranched alkanes of at least 4 members (excludes halogenated alkanes) is 2. The summed E-state index contributed by atoms with van der Waals surface area (Å²) in [5.74, 6) is 0.157. The zero-order chi connectivity index (χ0) is 23.5. The Balaban J connectivity index is 2.13. The second-order valence-electron chi connectivity index (χ2n) is 9.36. The van der Waals surface area contributed by atoms with Gasteiger partial charge < -0.3 is 19.5 Å². The number of nitrogens with one attached hydrogen (secondary N) is 1. The molecule has 32 heavy (non-hydrogen) atoms. The third-order valence-electron chi connectivity index (χ3n) is 6.19. The van der Waals surface area contributed by atoms with Crippen LogP contribution in [0.25, 0.3) is 0 Å². The lowest BCUT2D eigenvalue weighted by Gasteiger charge is -2.39. The van der Waals surface area contributed by atoms with Crippen LogP contribution < -0.4 is 14.8 Å². The number of benzene rings is 1. The fraction of sp³-hybridized carbons (Fsp3) is 0.538. The van der Waals surface area contributed by atoms with Crippen LogP contribution in [0.15, 0.2) is 40.7 Å². The molecule has 1 atom stereocenters. The van der Waals surface area contributed by atoms with Crippen LogP contribution in [0.1, 0.15) is 71.3 Å². The highest BCUT2D eigenvalue weighted by molar-refractivity contribution is 6.04. The Morgan fingerprint density at radius 3 is 2.56 bits per heavy atom. The van der Waals surface area contributed by atoms with Crippen molar-refractivity contribution in [2.24, 2.45) is 5.41 Å². The molecule has 0 fully saturated rings. The minimum atomic E-state index is -0.571. The lowest BCUT2D eigenvalue weighted by molar-refractivity contribution is -0.139. The van der Waals surface area contributed by atoms with Crippen molar-refractivity contribution in [1.82, 2.24) is 5.32 Å². The Labute approximate surface area is 191 Å². The Morgan fingerprint density at radius 2 is 1.91 bits per heavy atom. The van der Waals surface area contributed by atoms with Gasteiger partial charge in [-0.2, -0.15) is 0 Å². The van der Waals surface area contributed by atoms with Crippen molar-refractivity contribution in [2.75, 3.05) is 20.8 Å². The number of rotatable bonds is 8. The molecule has 1 aliphatic carbocycles. The smallest absolute Gasteiger partial charge is 0.336 e. The van der Waals surface area contributed by atoms with E-state index < -0.39 is 11.9 Å². The van der Waals surface area contributed by atoms with Gasteiger partial charge in [-0.1, -0.05) is 45.7 Å². The number of ether oxygens (including phenoxy) is 3. The molecule has 1 aromatic rings. The maximum atomic E-state index is 13.4. The number of dihydropyridines is 1. The first-order valence-electron chi connectivity index (χ1n) is 11.4. The normalized spacial score (nSPS) is 19.9. The van der Waals surface area contributed by atoms with E-state index in [-0.39, 0.29) is 11.2 Å². The zero-order valence-corrected chi connectivity index (χ0v) is 20.1. The molecule has 1 N–H and O–H groups in total. The van der Waals surface area contributed by atoms with Gasteiger partial charge in [0.05, 0.1) is 32.3 Å². The lowest BCUT2D eigenvalue weighted by atomic mass is 9.68. The predicted octanol–water partition coefficient (Wildman–Crippen LogP) is 5.04. The van der Waals surface area contributed by atoms with Crippen molar-refractivity contribution in [2.45, 2.75) is 65.7 Å². The Morgan fingerprint density at radius 1 is 1.16 bits per heavy atom. The number of hydrogen-bond donors (Lipinski definition) is 1. The summed E-state index contributed by atoms with van der Waals surface area (Å²) in [6, 6.07) is 5.56. The van der Waals surface area contributed by atoms with Gasteiger partial charge in [0.15, 0.2) is 17.3 Å². The van der Waals surface area contributed by atoms with Gasteiger partial charge in [0.2, 0.25) is 0 Å². The van der Waals surface area contributed by atoms with E-state index in [1.807, 2.05) is 25.1 Å². The van der Waals surface area contributed by atoms with E-state index in [4.69, 9.17) is 14.2 Å². The average Bonchev–Trinajstić information content (AvgIpc) is 2.74. The number of methoxy groups -OCH3 is 2. The molecule has 1 aromatic carbocycles. The first-order valence-corrected chi connectivity index (χ1v) is 11.4. The van der Waals surface area contributed by atoms with Crippen LogP contribution >= 0.6 is 0 Å². The zero-order valence-electron chi connectivity index (χ0n) is 20.1. The Hall–Kier alpha value is -2.76. The van der Waals surface area contributed by atoms with E-state index in [0.29, 0.717) is 41.4 Å². The van der Waals surface area contributed by atoms with Crippen LogP contribution in [-0.2, 0) is 14.3 Å². The summed E-state index contributed by atoms with van der Waals surface area (Å²) in [4.78, 5) is 26.7. The van der Waals surface area contributed by atoms with Crippen molar-refractivity contribution < 1.29 is 23.8 Å². The average molecular weight is 442 g/mol. The number of carbonyl (C=O) groups excluding carboxylic acids is 2. The summed E-state index contributed by atoms with van der Waals surface area (Å²) in [5, 5.41) is 3.37. The third kappa shape index (κ3) is 4.69. The van der Waals surface area contributed by atoms with E-state index in [2.05, 4.69) is 26.1 Å². The predicted molar refractivity (Wildman–Crippen MR) is 124 cm³/mol. The number of esters is 1. The molecule has 0 radical (unpaired) electrons. The topological polar surface area (TPSA) is 73.9 Å². The number of Topliss-reactive ketones (excluding diaryl/α,β-unsaturated/α-hetero) is 1. The van der Waals surface area contributed by atoms with Gasteiger partial charge in [0.25, 0.3) is 0 Å². The van der Waals surface area contributed by atoms with Crippen molar-refractivity contribution in [3.05, 3.63) is 46.3 Å². The second kappa shape index (κ2) is 9.80. The molecular formula is C26H35NO5. The molecular weight excluding hydrogens is 406 g/mol. The summed E-state index contributed by atoms with van der Waals surface area (Å²) in [7, 11) is 3.15. The molecule has 6 heteroatoms. The summed E-state index contributed by atoms with van der Waals surface area (Å²) in [6.45, 7) is 8.52. The van der Waals surface area contributed by atoms with Crippen LogP contribution in [0.4, 0.5) is 0 Å². The molecule has 0 bridgehead atoms. The van der Waals surface area contributed by atoms with Gasteiger partial charge in [0.1, 0.15) is 0 Å². The summed E-state index contributed by atoms with van der Waals surface area (Å²) >= 11 is 0. The number of carbonyl (C=O) groups is 2. The minimum Gasteiger partial charge on any atom is -0.493 e. The van der Waals surface area contributed by atoms with Crippen molar-refractivity contribution in [3.63, 3.8) is 0 Å². The SMILES string of the molecule is CCCCCOC(=O)C1=C(C)NC2=C(C(=O)CC(C)(C)C2)C1c1cccc(OC)c1OC. The molecule has 1 heterocycles. The number of ketones is 1. The standard InChI is InChI=1S/C26H35NO5/c1-7-8-9-13-32-25(29)21-16(2)27-18-14-26(3,4)15-19(28)23(18)22(21)17-11-10-12-20(30-5)24(17)31-6/h10-12,22,27H,7-9,13-15H2,1-6H3. The maximum absolute atomic E-state index is 13.4. The molecule has 0 saturated carbocycles. The fourth-order valence-corrected chi connectivity index (χ4v) is 4.75. The van der Waals surface area contributed by atoms with Crippen LogP contribution in [0, 0.1) is 5.41 Å². The molecule has 6 nitrogen and oxygen atoms in total. The Bertz CT molecular complexity index is 957. The van der Waals surface area contributed by atoms with E-state index in [1.54, 1.807) is 14.2 Å². The van der Waals surface area contributed by atoms with Crippen molar-refractivity contribution >= 4 is 11.8 Å². The molecule has 0 spiro atoms. The number of para-hydroxylation sites is 1. The first-order chi connectivity index (χ1) is 15.2. The molecule has 3 rings (SSSR count). The summed E-state index contributed by atoms with van der Waals surface area (Å²) in [6.07, 6.45) is 4.02. The minimum absolute atomic E-state index is 0.0439. The molecule has 174 valence electrons. The molecule has 0 amide bonds. The van der Waals surface area contributed by atoms with Gasteiger partial charge in [-0.15, -0.1) is 0 Å². The molecule has 2 aliphatic rings. The van der Waals surface area contributed by atoms with Gasteiger partial charge in [-0.25, -0.2) is 4.79 Å². The van der Waals surface area contributed by atoms with Gasteiger partial charge in [-0.05, 0) is 31.2 Å². The van der Waals surface area contributed by atoms with Gasteiger partial charge in [-0.3, -0.25) is 4.79 Å². The van der Waals surface area contributed by atoms with Gasteiger partial charge in [0, 0.05) is 29.0 Å². The summed E-state index contributed by atoms with van der Waals surface area (Å²) < 4.78 is 16.9. The maximum Gasteiger partial charge on any atom is 0.336 e. The quantitative estimate of drug-likeness (QED) is 0.450. The van der Waals surface area contributed by atoms with Crippen LogP contribution in [-0.4, -0.2) is 32.6 Å². The van der Waals surface area contributed by atoms with Crippen molar-refractivity contribution in [1.29, 1.82) is 0 Å². The summed E-state index contributed by atoms with van der Waals surface area (Å²) in [5.41, 5.74) is 3.26. The number of hydrogen-bond acceptors (Lipinski definition) is 6. The second-order valence-corrected chi connectivity index (χ2v) is 9.36. The monoisotopic (exact) mass is 441 g/mol. The van der Waals surface area contributed by atoms with E-state index in [1.165, 1.54) is 0 Å². The van der Waals surface area contributed by atoms with E-state index >= 15 is 0 Å². The largest absolute Gasteiger partial charge is 0.493 e. The van der Waals surface area contributed by atoms with Crippen LogP contribution in [0.3, 0.4) is 0 Å². The highest BCUT2D eigenvalue weighted by Crippen LogP contribution is 2.50. The highest BCUT2D eigenvalue weighted by Gasteiger charge is 2.44. The van der Waals surface area contributed by atoms with Crippen LogP contribution in [0.2, 0.25) is 0 Å². The van der Waals surface area contributed by atoms with E-state index in [0.717, 1.165) is 36.9 Å². The lowest BCUT2D eigenvalue weighted by Crippen LogP contribution is -2.38. The van der Waals surface area contributed by atoms with Crippen LogP contribution in [0.5, 0.6) is 11.5 Å². The fourth-order valence-electron chi connectivity index (χ4n) is 4.75. The van der Waals surface area contributed by atoms with E-state index in [9.17, 15) is 9.59 Å². The third-order valence-corrected chi connectivity index (χ3v) is 6.19. The molecule has 0 aromatic heterocycles. The molecule has 0 saturated heterocycles. The Kier molecular flexibility index (Phi) is 7.32. The first kappa shape index (κ1) is 23.9. The molecule has 1 aliphatic heterocycles.